The van der Waals surface area contributed by atoms with Crippen LogP contribution >= 0.6 is 0 Å². The maximum absolute atomic E-state index is 12.5. The van der Waals surface area contributed by atoms with E-state index in [9.17, 15) is 9.18 Å². The van der Waals surface area contributed by atoms with E-state index in [4.69, 9.17) is 11.5 Å². The summed E-state index contributed by atoms with van der Waals surface area (Å²) in [5.74, 6) is -0.689. The highest BCUT2D eigenvalue weighted by atomic mass is 19.1. The fraction of sp³-hybridized carbons (Fsp3) is 0.875. The molecule has 0 saturated carbocycles. The summed E-state index contributed by atoms with van der Waals surface area (Å²) in [6, 6.07) is 0. The Hall–Kier alpha value is -0.680. The molecular formula is C8H17FN2O2. The number of rotatable bonds is 6. The lowest BCUT2D eigenvalue weighted by Crippen LogP contribution is -2.51. The molecule has 0 amide bonds. The van der Waals surface area contributed by atoms with Gasteiger partial charge in [0.05, 0.1) is 6.61 Å². The lowest BCUT2D eigenvalue weighted by atomic mass is 9.96. The zero-order chi connectivity index (χ0) is 10.3. The van der Waals surface area contributed by atoms with Gasteiger partial charge in [0.15, 0.2) is 0 Å². The van der Waals surface area contributed by atoms with Crippen molar-refractivity contribution in [2.24, 2.45) is 11.5 Å². The fourth-order valence-corrected chi connectivity index (χ4v) is 0.916. The Bertz CT molecular complexity index is 166. The van der Waals surface area contributed by atoms with Gasteiger partial charge in [-0.05, 0) is 26.3 Å². The molecule has 0 heterocycles. The average molecular weight is 192 g/mol. The minimum atomic E-state index is -1.50. The van der Waals surface area contributed by atoms with E-state index in [1.165, 1.54) is 0 Å². The van der Waals surface area contributed by atoms with Crippen molar-refractivity contribution >= 4 is 5.97 Å². The summed E-state index contributed by atoms with van der Waals surface area (Å²) in [7, 11) is 0. The topological polar surface area (TPSA) is 78.3 Å². The van der Waals surface area contributed by atoms with Crippen molar-refractivity contribution in [3.63, 3.8) is 0 Å². The fourth-order valence-electron chi connectivity index (χ4n) is 0.916. The monoisotopic (exact) mass is 192 g/mol. The molecule has 78 valence electrons. The second kappa shape index (κ2) is 5.88. The Morgan fingerprint density at radius 3 is 2.62 bits per heavy atom. The summed E-state index contributed by atoms with van der Waals surface area (Å²) in [6.45, 7) is 1.34. The number of alkyl halides is 1. The maximum atomic E-state index is 12.5. The molecule has 4 nitrogen and oxygen atoms in total. The SMILES string of the molecule is CCOC(=O)C(N)(CF)CCCN. The van der Waals surface area contributed by atoms with Crippen LogP contribution in [-0.4, -0.2) is 31.3 Å². The third-order valence-electron chi connectivity index (χ3n) is 1.75. The van der Waals surface area contributed by atoms with Crippen LogP contribution in [0.3, 0.4) is 0 Å². The van der Waals surface area contributed by atoms with Gasteiger partial charge in [-0.1, -0.05) is 0 Å². The van der Waals surface area contributed by atoms with Crippen molar-refractivity contribution in [1.29, 1.82) is 0 Å². The van der Waals surface area contributed by atoms with Gasteiger partial charge < -0.3 is 16.2 Å². The predicted molar refractivity (Wildman–Crippen MR) is 47.8 cm³/mol. The van der Waals surface area contributed by atoms with Crippen LogP contribution in [0.4, 0.5) is 4.39 Å². The molecule has 0 aromatic rings. The molecule has 1 unspecified atom stereocenters. The van der Waals surface area contributed by atoms with E-state index in [0.717, 1.165) is 0 Å². The van der Waals surface area contributed by atoms with Gasteiger partial charge in [0.2, 0.25) is 0 Å². The summed E-state index contributed by atoms with van der Waals surface area (Å²) in [6.07, 6.45) is 0.734. The molecule has 1 atom stereocenters. The molecule has 0 aromatic heterocycles. The van der Waals surface area contributed by atoms with Crippen LogP contribution in [0.1, 0.15) is 19.8 Å². The molecule has 0 aliphatic carbocycles. The standard InChI is InChI=1S/C8H17FN2O2/c1-2-13-7(12)8(11,6-9)4-3-5-10/h2-6,10-11H2,1H3. The van der Waals surface area contributed by atoms with Crippen LogP contribution in [0.2, 0.25) is 0 Å². The van der Waals surface area contributed by atoms with E-state index in [2.05, 4.69) is 4.74 Å². The van der Waals surface area contributed by atoms with Gasteiger partial charge in [0.25, 0.3) is 0 Å². The zero-order valence-corrected chi connectivity index (χ0v) is 7.88. The number of hydrogen-bond acceptors (Lipinski definition) is 4. The van der Waals surface area contributed by atoms with E-state index < -0.39 is 18.2 Å². The van der Waals surface area contributed by atoms with Crippen LogP contribution in [-0.2, 0) is 9.53 Å². The van der Waals surface area contributed by atoms with Crippen molar-refractivity contribution in [1.82, 2.24) is 0 Å². The molecular weight excluding hydrogens is 175 g/mol. The highest BCUT2D eigenvalue weighted by Crippen LogP contribution is 2.12. The van der Waals surface area contributed by atoms with Crippen LogP contribution in [0.25, 0.3) is 0 Å². The number of ether oxygens (including phenoxy) is 1. The second-order valence-electron chi connectivity index (χ2n) is 2.90. The number of carbonyl (C=O) groups is 1. The molecule has 0 bridgehead atoms. The van der Waals surface area contributed by atoms with Gasteiger partial charge >= 0.3 is 5.97 Å². The van der Waals surface area contributed by atoms with Crippen LogP contribution < -0.4 is 11.5 Å². The van der Waals surface area contributed by atoms with E-state index in [-0.39, 0.29) is 13.0 Å². The Morgan fingerprint density at radius 1 is 1.62 bits per heavy atom. The molecule has 13 heavy (non-hydrogen) atoms. The lowest BCUT2D eigenvalue weighted by molar-refractivity contribution is -0.150. The van der Waals surface area contributed by atoms with E-state index in [1.54, 1.807) is 6.92 Å². The minimum absolute atomic E-state index is 0.209. The van der Waals surface area contributed by atoms with Gasteiger partial charge in [-0.15, -0.1) is 0 Å². The highest BCUT2D eigenvalue weighted by Gasteiger charge is 2.34. The van der Waals surface area contributed by atoms with Gasteiger partial charge in [-0.25, -0.2) is 9.18 Å². The molecule has 5 heteroatoms. The number of nitrogens with two attached hydrogens (primary N) is 2. The van der Waals surface area contributed by atoms with Crippen molar-refractivity contribution < 1.29 is 13.9 Å². The van der Waals surface area contributed by atoms with Gasteiger partial charge in [0, 0.05) is 0 Å². The third-order valence-corrected chi connectivity index (χ3v) is 1.75. The number of halogens is 1. The molecule has 0 fully saturated rings. The molecule has 0 saturated heterocycles. The summed E-state index contributed by atoms with van der Waals surface area (Å²) in [5, 5.41) is 0. The van der Waals surface area contributed by atoms with Crippen LogP contribution in [0.5, 0.6) is 0 Å². The van der Waals surface area contributed by atoms with E-state index in [1.807, 2.05) is 0 Å². The van der Waals surface area contributed by atoms with E-state index >= 15 is 0 Å². The molecule has 0 rings (SSSR count). The van der Waals surface area contributed by atoms with Crippen molar-refractivity contribution in [3.05, 3.63) is 0 Å². The van der Waals surface area contributed by atoms with Crippen LogP contribution in [0.15, 0.2) is 0 Å². The summed E-state index contributed by atoms with van der Waals surface area (Å²) in [5.41, 5.74) is 9.24. The number of hydrogen-bond donors (Lipinski definition) is 2. The van der Waals surface area contributed by atoms with Gasteiger partial charge in [0.1, 0.15) is 12.2 Å². The molecule has 0 spiro atoms. The van der Waals surface area contributed by atoms with Crippen molar-refractivity contribution in [2.45, 2.75) is 25.3 Å². The van der Waals surface area contributed by atoms with E-state index in [0.29, 0.717) is 13.0 Å². The lowest BCUT2D eigenvalue weighted by Gasteiger charge is -2.23. The molecule has 0 radical (unpaired) electrons. The molecule has 0 aliphatic heterocycles. The Morgan fingerprint density at radius 2 is 2.23 bits per heavy atom. The largest absolute Gasteiger partial charge is 0.465 e. The zero-order valence-electron chi connectivity index (χ0n) is 7.88. The number of esters is 1. The first-order chi connectivity index (χ1) is 6.10. The average Bonchev–Trinajstić information content (AvgIpc) is 2.14. The second-order valence-corrected chi connectivity index (χ2v) is 2.90. The first-order valence-corrected chi connectivity index (χ1v) is 4.33. The number of carbonyl (C=O) groups excluding carboxylic acids is 1. The molecule has 4 N–H and O–H groups in total. The summed E-state index contributed by atoms with van der Waals surface area (Å²) >= 11 is 0. The predicted octanol–water partition coefficient (Wildman–Crippen LogP) is -0.0446. The molecule has 0 aromatic carbocycles. The van der Waals surface area contributed by atoms with Crippen molar-refractivity contribution in [3.8, 4) is 0 Å². The van der Waals surface area contributed by atoms with Crippen LogP contribution in [0, 0.1) is 0 Å². The summed E-state index contributed by atoms with van der Waals surface area (Å²) < 4.78 is 17.1. The highest BCUT2D eigenvalue weighted by molar-refractivity contribution is 5.80. The Labute approximate surface area is 77.4 Å². The summed E-state index contributed by atoms with van der Waals surface area (Å²) in [4.78, 5) is 11.2. The van der Waals surface area contributed by atoms with Crippen molar-refractivity contribution in [2.75, 3.05) is 19.8 Å². The first kappa shape index (κ1) is 12.3. The quantitative estimate of drug-likeness (QED) is 0.578. The Kier molecular flexibility index (Phi) is 5.57. The minimum Gasteiger partial charge on any atom is -0.465 e. The first-order valence-electron chi connectivity index (χ1n) is 4.33. The normalized spacial score (nSPS) is 15.1. The third kappa shape index (κ3) is 3.69. The maximum Gasteiger partial charge on any atom is 0.328 e. The smallest absolute Gasteiger partial charge is 0.328 e. The van der Waals surface area contributed by atoms with Gasteiger partial charge in [-0.2, -0.15) is 0 Å². The Balaban J connectivity index is 4.16. The molecule has 0 aliphatic rings. The van der Waals surface area contributed by atoms with Gasteiger partial charge in [-0.3, -0.25) is 0 Å².